The number of hydrogen-bond donors (Lipinski definition) is 2. The molecule has 1 aromatic heterocycles. The Bertz CT molecular complexity index is 1180. The molecule has 0 aliphatic heterocycles. The molecular formula is C27H32N2O6. The summed E-state index contributed by atoms with van der Waals surface area (Å²) >= 11 is 0. The molecule has 1 heterocycles. The molecule has 0 unspecified atom stereocenters. The van der Waals surface area contributed by atoms with Gasteiger partial charge in [0.1, 0.15) is 0 Å². The number of benzene rings is 2. The van der Waals surface area contributed by atoms with Gasteiger partial charge < -0.3 is 29.2 Å². The van der Waals surface area contributed by atoms with Gasteiger partial charge in [-0.05, 0) is 56.2 Å². The Morgan fingerprint density at radius 3 is 2.43 bits per heavy atom. The Balaban J connectivity index is 1.65. The fraction of sp³-hybridized carbons (Fsp3) is 0.333. The molecule has 0 saturated heterocycles. The second kappa shape index (κ2) is 12.1. The lowest BCUT2D eigenvalue weighted by atomic mass is 10.1. The molecule has 2 N–H and O–H groups in total. The number of para-hydroxylation sites is 1. The molecule has 0 bridgehead atoms. The van der Waals surface area contributed by atoms with E-state index >= 15 is 0 Å². The topological polar surface area (TPSA) is 99.0 Å². The van der Waals surface area contributed by atoms with Crippen molar-refractivity contribution in [2.75, 3.05) is 39.3 Å². The van der Waals surface area contributed by atoms with Gasteiger partial charge in [0.05, 0.1) is 26.4 Å². The Morgan fingerprint density at radius 2 is 1.71 bits per heavy atom. The minimum Gasteiger partial charge on any atom is -0.493 e. The standard InChI is InChI=1S/C27H32N2O6/c1-18-15-22(19(2)29(18)13-11-20-9-10-25(33-3)26(16-20)34-4)24(31)17-35-27(32)21-7-5-6-8-23(21)28-12-14-30/h5-10,15-16,28,30H,11-14,17H2,1-4H3. The quantitative estimate of drug-likeness (QED) is 0.300. The van der Waals surface area contributed by atoms with E-state index in [0.717, 1.165) is 23.4 Å². The molecule has 186 valence electrons. The average molecular weight is 481 g/mol. The summed E-state index contributed by atoms with van der Waals surface area (Å²) in [4.78, 5) is 25.5. The number of aliphatic hydroxyl groups is 1. The summed E-state index contributed by atoms with van der Waals surface area (Å²) in [6.45, 7) is 4.41. The predicted octanol–water partition coefficient (Wildman–Crippen LogP) is 3.81. The molecule has 0 amide bonds. The van der Waals surface area contributed by atoms with Gasteiger partial charge in [-0.15, -0.1) is 0 Å². The Hall–Kier alpha value is -3.78. The Labute approximate surface area is 205 Å². The SMILES string of the molecule is COc1ccc(CCn2c(C)cc(C(=O)COC(=O)c3ccccc3NCCO)c2C)cc1OC. The average Bonchev–Trinajstić information content (AvgIpc) is 3.17. The number of aryl methyl sites for hydroxylation is 2. The molecule has 0 aliphatic carbocycles. The highest BCUT2D eigenvalue weighted by molar-refractivity contribution is 6.01. The van der Waals surface area contributed by atoms with E-state index < -0.39 is 5.97 Å². The van der Waals surface area contributed by atoms with E-state index in [2.05, 4.69) is 9.88 Å². The third-order valence-corrected chi connectivity index (χ3v) is 5.85. The molecule has 35 heavy (non-hydrogen) atoms. The molecule has 0 radical (unpaired) electrons. The van der Waals surface area contributed by atoms with Crippen molar-refractivity contribution >= 4 is 17.4 Å². The number of hydrogen-bond acceptors (Lipinski definition) is 7. The van der Waals surface area contributed by atoms with Gasteiger partial charge in [-0.3, -0.25) is 4.79 Å². The lowest BCUT2D eigenvalue weighted by Crippen LogP contribution is -2.17. The zero-order valence-electron chi connectivity index (χ0n) is 20.6. The van der Waals surface area contributed by atoms with Crippen LogP contribution in [0.4, 0.5) is 5.69 Å². The van der Waals surface area contributed by atoms with Gasteiger partial charge in [0.25, 0.3) is 0 Å². The molecule has 2 aromatic carbocycles. The number of esters is 1. The first-order chi connectivity index (χ1) is 16.9. The molecule has 0 spiro atoms. The highest BCUT2D eigenvalue weighted by Gasteiger charge is 2.19. The molecule has 8 nitrogen and oxygen atoms in total. The van der Waals surface area contributed by atoms with Crippen molar-refractivity contribution < 1.29 is 28.9 Å². The number of anilines is 1. The number of ether oxygens (including phenoxy) is 3. The minimum absolute atomic E-state index is 0.0660. The molecule has 0 saturated carbocycles. The summed E-state index contributed by atoms with van der Waals surface area (Å²) in [5, 5.41) is 12.0. The molecule has 0 fully saturated rings. The van der Waals surface area contributed by atoms with Gasteiger partial charge in [0.15, 0.2) is 18.1 Å². The van der Waals surface area contributed by atoms with Gasteiger partial charge in [-0.2, -0.15) is 0 Å². The van der Waals surface area contributed by atoms with Crippen LogP contribution in [0, 0.1) is 13.8 Å². The maximum atomic E-state index is 12.9. The number of nitrogens with one attached hydrogen (secondary N) is 1. The van der Waals surface area contributed by atoms with Crippen molar-refractivity contribution in [3.8, 4) is 11.5 Å². The number of ketones is 1. The normalized spacial score (nSPS) is 10.7. The van der Waals surface area contributed by atoms with Gasteiger partial charge in [-0.1, -0.05) is 18.2 Å². The third-order valence-electron chi connectivity index (χ3n) is 5.85. The van der Waals surface area contributed by atoms with Gasteiger partial charge in [-0.25, -0.2) is 4.79 Å². The number of carbonyl (C=O) groups is 2. The third kappa shape index (κ3) is 6.22. The van der Waals surface area contributed by atoms with E-state index in [-0.39, 0.29) is 19.0 Å². The lowest BCUT2D eigenvalue weighted by Gasteiger charge is -2.12. The van der Waals surface area contributed by atoms with Gasteiger partial charge >= 0.3 is 5.97 Å². The van der Waals surface area contributed by atoms with Crippen LogP contribution in [0.3, 0.4) is 0 Å². The highest BCUT2D eigenvalue weighted by atomic mass is 16.5. The van der Waals surface area contributed by atoms with Crippen LogP contribution in [0.15, 0.2) is 48.5 Å². The van der Waals surface area contributed by atoms with E-state index in [4.69, 9.17) is 19.3 Å². The van der Waals surface area contributed by atoms with Crippen LogP contribution in [-0.2, 0) is 17.7 Å². The van der Waals surface area contributed by atoms with Crippen LogP contribution < -0.4 is 14.8 Å². The number of aliphatic hydroxyl groups excluding tert-OH is 1. The fourth-order valence-electron chi connectivity index (χ4n) is 4.00. The predicted molar refractivity (Wildman–Crippen MR) is 134 cm³/mol. The monoisotopic (exact) mass is 480 g/mol. The number of Topliss-reactive ketones (excluding diaryl/α,β-unsaturated/α-hetero) is 1. The van der Waals surface area contributed by atoms with Gasteiger partial charge in [0.2, 0.25) is 5.78 Å². The summed E-state index contributed by atoms with van der Waals surface area (Å²) in [5.74, 6) is 0.502. The van der Waals surface area contributed by atoms with E-state index in [1.54, 1.807) is 38.5 Å². The minimum atomic E-state index is -0.596. The molecule has 8 heteroatoms. The zero-order chi connectivity index (χ0) is 25.4. The van der Waals surface area contributed by atoms with Crippen LogP contribution in [-0.4, -0.2) is 55.4 Å². The van der Waals surface area contributed by atoms with Crippen LogP contribution >= 0.6 is 0 Å². The number of aromatic nitrogens is 1. The second-order valence-corrected chi connectivity index (χ2v) is 8.07. The summed E-state index contributed by atoms with van der Waals surface area (Å²) in [6, 6.07) is 14.5. The van der Waals surface area contributed by atoms with E-state index in [1.165, 1.54) is 0 Å². The summed E-state index contributed by atoms with van der Waals surface area (Å²) < 4.78 is 18.1. The van der Waals surface area contributed by atoms with E-state index in [1.807, 2.05) is 38.1 Å². The first-order valence-electron chi connectivity index (χ1n) is 11.4. The molecular weight excluding hydrogens is 448 g/mol. The number of rotatable bonds is 12. The maximum absolute atomic E-state index is 12.9. The number of nitrogens with zero attached hydrogens (tertiary/aromatic N) is 1. The summed E-state index contributed by atoms with van der Waals surface area (Å²) in [7, 11) is 3.21. The second-order valence-electron chi connectivity index (χ2n) is 8.07. The van der Waals surface area contributed by atoms with Crippen molar-refractivity contribution in [3.63, 3.8) is 0 Å². The van der Waals surface area contributed by atoms with Crippen LogP contribution in [0.5, 0.6) is 11.5 Å². The van der Waals surface area contributed by atoms with E-state index in [0.29, 0.717) is 41.4 Å². The first kappa shape index (κ1) is 25.8. The number of methoxy groups -OCH3 is 2. The Kier molecular flexibility index (Phi) is 8.92. The smallest absolute Gasteiger partial charge is 0.340 e. The van der Waals surface area contributed by atoms with Crippen LogP contribution in [0.1, 0.15) is 37.7 Å². The summed E-state index contributed by atoms with van der Waals surface area (Å²) in [5.41, 5.74) is 4.27. The lowest BCUT2D eigenvalue weighted by molar-refractivity contribution is 0.0475. The van der Waals surface area contributed by atoms with Crippen LogP contribution in [0.2, 0.25) is 0 Å². The van der Waals surface area contributed by atoms with Crippen molar-refractivity contribution in [2.45, 2.75) is 26.8 Å². The molecule has 0 aliphatic rings. The Morgan fingerprint density at radius 1 is 0.971 bits per heavy atom. The number of carbonyl (C=O) groups excluding carboxylic acids is 2. The van der Waals surface area contributed by atoms with Crippen LogP contribution in [0.25, 0.3) is 0 Å². The molecule has 3 rings (SSSR count). The fourth-order valence-corrected chi connectivity index (χ4v) is 4.00. The van der Waals surface area contributed by atoms with Crippen molar-refractivity contribution in [1.82, 2.24) is 4.57 Å². The zero-order valence-corrected chi connectivity index (χ0v) is 20.6. The molecule has 3 aromatic rings. The van der Waals surface area contributed by atoms with Crippen molar-refractivity contribution in [1.29, 1.82) is 0 Å². The molecule has 0 atom stereocenters. The summed E-state index contributed by atoms with van der Waals surface area (Å²) in [6.07, 6.45) is 0.747. The van der Waals surface area contributed by atoms with E-state index in [9.17, 15) is 9.59 Å². The first-order valence-corrected chi connectivity index (χ1v) is 11.4. The largest absolute Gasteiger partial charge is 0.493 e. The maximum Gasteiger partial charge on any atom is 0.340 e. The van der Waals surface area contributed by atoms with Crippen molar-refractivity contribution in [3.05, 3.63) is 76.6 Å². The van der Waals surface area contributed by atoms with Crippen molar-refractivity contribution in [2.24, 2.45) is 0 Å². The van der Waals surface area contributed by atoms with Gasteiger partial charge in [0, 0.05) is 35.7 Å². The highest BCUT2D eigenvalue weighted by Crippen LogP contribution is 2.28.